The lowest BCUT2D eigenvalue weighted by molar-refractivity contribution is -0.131. The van der Waals surface area contributed by atoms with Gasteiger partial charge in [0.2, 0.25) is 5.91 Å². The molecule has 114 valence electrons. The van der Waals surface area contributed by atoms with Gasteiger partial charge in [-0.15, -0.1) is 0 Å². The van der Waals surface area contributed by atoms with Crippen LogP contribution < -0.4 is 5.73 Å². The predicted molar refractivity (Wildman–Crippen MR) is 77.3 cm³/mol. The SMILES string of the molecule is Cn1cnc(C(=O)N2CCC(CC3CC3)(C(N)=O)CC2)c1. The van der Waals surface area contributed by atoms with Crippen molar-refractivity contribution in [1.82, 2.24) is 14.5 Å². The molecule has 1 saturated carbocycles. The fourth-order valence-electron chi connectivity index (χ4n) is 3.25. The monoisotopic (exact) mass is 290 g/mol. The molecule has 1 aliphatic heterocycles. The predicted octanol–water partition coefficient (Wildman–Crippen LogP) is 0.928. The van der Waals surface area contributed by atoms with Crippen molar-refractivity contribution in [3.63, 3.8) is 0 Å². The maximum Gasteiger partial charge on any atom is 0.274 e. The topological polar surface area (TPSA) is 81.2 Å². The summed E-state index contributed by atoms with van der Waals surface area (Å²) in [7, 11) is 1.84. The maximum atomic E-state index is 12.4. The third-order valence-corrected chi connectivity index (χ3v) is 4.83. The fourth-order valence-corrected chi connectivity index (χ4v) is 3.25. The summed E-state index contributed by atoms with van der Waals surface area (Å²) in [6, 6.07) is 0. The molecule has 1 saturated heterocycles. The Morgan fingerprint density at radius 1 is 1.38 bits per heavy atom. The minimum atomic E-state index is -0.401. The molecule has 0 spiro atoms. The third kappa shape index (κ3) is 2.80. The fraction of sp³-hybridized carbons (Fsp3) is 0.667. The van der Waals surface area contributed by atoms with Gasteiger partial charge < -0.3 is 15.2 Å². The third-order valence-electron chi connectivity index (χ3n) is 4.83. The molecule has 1 aromatic rings. The van der Waals surface area contributed by atoms with Crippen LogP contribution in [0.1, 0.15) is 42.6 Å². The molecule has 0 radical (unpaired) electrons. The highest BCUT2D eigenvalue weighted by atomic mass is 16.2. The average Bonchev–Trinajstić information content (AvgIpc) is 3.17. The van der Waals surface area contributed by atoms with Gasteiger partial charge in [0.15, 0.2) is 0 Å². The molecule has 0 aromatic carbocycles. The number of amides is 2. The summed E-state index contributed by atoms with van der Waals surface area (Å²) in [5.74, 6) is 0.412. The first-order valence-electron chi connectivity index (χ1n) is 7.57. The van der Waals surface area contributed by atoms with E-state index in [1.807, 2.05) is 7.05 Å². The molecule has 2 aliphatic rings. The van der Waals surface area contributed by atoms with E-state index in [9.17, 15) is 9.59 Å². The first-order valence-corrected chi connectivity index (χ1v) is 7.57. The Kier molecular flexibility index (Phi) is 3.47. The second-order valence-electron chi connectivity index (χ2n) is 6.51. The zero-order valence-corrected chi connectivity index (χ0v) is 12.4. The van der Waals surface area contributed by atoms with Gasteiger partial charge in [0.1, 0.15) is 5.69 Å². The van der Waals surface area contributed by atoms with Crippen molar-refractivity contribution in [3.8, 4) is 0 Å². The van der Waals surface area contributed by atoms with E-state index in [1.54, 1.807) is 22.0 Å². The minimum Gasteiger partial charge on any atom is -0.369 e. The number of rotatable bonds is 4. The molecule has 21 heavy (non-hydrogen) atoms. The highest BCUT2D eigenvalue weighted by Crippen LogP contribution is 2.45. The van der Waals surface area contributed by atoms with E-state index in [2.05, 4.69) is 4.98 Å². The number of likely N-dealkylation sites (tertiary alicyclic amines) is 1. The number of aryl methyl sites for hydroxylation is 1. The summed E-state index contributed by atoms with van der Waals surface area (Å²) in [6.45, 7) is 1.18. The normalized spacial score (nSPS) is 21.3. The van der Waals surface area contributed by atoms with Crippen LogP contribution in [-0.4, -0.2) is 39.4 Å². The van der Waals surface area contributed by atoms with Gasteiger partial charge in [-0.2, -0.15) is 0 Å². The van der Waals surface area contributed by atoms with Crippen LogP contribution >= 0.6 is 0 Å². The number of piperidine rings is 1. The molecule has 2 heterocycles. The van der Waals surface area contributed by atoms with E-state index in [4.69, 9.17) is 5.73 Å². The van der Waals surface area contributed by atoms with Crippen molar-refractivity contribution in [1.29, 1.82) is 0 Å². The lowest BCUT2D eigenvalue weighted by Crippen LogP contribution is -2.49. The van der Waals surface area contributed by atoms with Gasteiger partial charge in [-0.1, -0.05) is 12.8 Å². The van der Waals surface area contributed by atoms with Gasteiger partial charge in [0.25, 0.3) is 5.91 Å². The Hall–Kier alpha value is -1.85. The standard InChI is InChI=1S/C15H22N4O2/c1-18-9-12(17-10-18)13(20)19-6-4-15(5-7-19,14(16)21)8-11-2-3-11/h9-11H,2-8H2,1H3,(H2,16,21). The van der Waals surface area contributed by atoms with E-state index in [0.717, 1.165) is 6.42 Å². The second kappa shape index (κ2) is 5.16. The van der Waals surface area contributed by atoms with Crippen molar-refractivity contribution in [2.45, 2.75) is 32.1 Å². The lowest BCUT2D eigenvalue weighted by Gasteiger charge is -2.39. The zero-order chi connectivity index (χ0) is 15.0. The van der Waals surface area contributed by atoms with Crippen LogP contribution in [0.5, 0.6) is 0 Å². The number of imidazole rings is 1. The Morgan fingerprint density at radius 3 is 2.52 bits per heavy atom. The van der Waals surface area contributed by atoms with Crippen molar-refractivity contribution < 1.29 is 9.59 Å². The smallest absolute Gasteiger partial charge is 0.274 e. The second-order valence-corrected chi connectivity index (χ2v) is 6.51. The number of carbonyl (C=O) groups is 2. The van der Waals surface area contributed by atoms with E-state index in [1.165, 1.54) is 12.8 Å². The van der Waals surface area contributed by atoms with Crippen LogP contribution in [0.25, 0.3) is 0 Å². The zero-order valence-electron chi connectivity index (χ0n) is 12.4. The molecule has 6 nitrogen and oxygen atoms in total. The number of primary amides is 1. The molecule has 1 aliphatic carbocycles. The van der Waals surface area contributed by atoms with Gasteiger partial charge in [0, 0.05) is 26.3 Å². The van der Waals surface area contributed by atoms with Gasteiger partial charge >= 0.3 is 0 Å². The summed E-state index contributed by atoms with van der Waals surface area (Å²) in [4.78, 5) is 30.1. The van der Waals surface area contributed by atoms with Gasteiger partial charge in [-0.25, -0.2) is 4.98 Å². The van der Waals surface area contributed by atoms with Crippen LogP contribution in [0.2, 0.25) is 0 Å². The number of aromatic nitrogens is 2. The first-order chi connectivity index (χ1) is 10.00. The first kappa shape index (κ1) is 14.1. The number of carbonyl (C=O) groups excluding carboxylic acids is 2. The molecule has 2 N–H and O–H groups in total. The van der Waals surface area contributed by atoms with Crippen molar-refractivity contribution in [2.75, 3.05) is 13.1 Å². The molecule has 6 heteroatoms. The summed E-state index contributed by atoms with van der Waals surface area (Å²) in [5, 5.41) is 0. The Labute approximate surface area is 124 Å². The number of nitrogens with zero attached hydrogens (tertiary/aromatic N) is 3. The van der Waals surface area contributed by atoms with Crippen molar-refractivity contribution >= 4 is 11.8 Å². The van der Waals surface area contributed by atoms with E-state index in [0.29, 0.717) is 37.5 Å². The highest BCUT2D eigenvalue weighted by molar-refractivity contribution is 5.92. The number of hydrogen-bond acceptors (Lipinski definition) is 3. The lowest BCUT2D eigenvalue weighted by atomic mass is 9.73. The van der Waals surface area contributed by atoms with Gasteiger partial charge in [-0.05, 0) is 25.2 Å². The highest BCUT2D eigenvalue weighted by Gasteiger charge is 2.44. The molecule has 0 unspecified atom stereocenters. The van der Waals surface area contributed by atoms with Crippen LogP contribution in [-0.2, 0) is 11.8 Å². The molecule has 2 amide bonds. The van der Waals surface area contributed by atoms with Crippen LogP contribution in [0.4, 0.5) is 0 Å². The Morgan fingerprint density at radius 2 is 2.05 bits per heavy atom. The molecule has 3 rings (SSSR count). The van der Waals surface area contributed by atoms with Crippen LogP contribution in [0.3, 0.4) is 0 Å². The molecular weight excluding hydrogens is 268 g/mol. The van der Waals surface area contributed by atoms with Gasteiger partial charge in [0.05, 0.1) is 11.7 Å². The average molecular weight is 290 g/mol. The Bertz CT molecular complexity index is 554. The van der Waals surface area contributed by atoms with Crippen LogP contribution in [0.15, 0.2) is 12.5 Å². The number of hydrogen-bond donors (Lipinski definition) is 1. The molecule has 0 atom stereocenters. The van der Waals surface area contributed by atoms with Crippen molar-refractivity contribution in [2.24, 2.45) is 24.1 Å². The molecular formula is C15H22N4O2. The summed E-state index contributed by atoms with van der Waals surface area (Å²) in [5.41, 5.74) is 5.72. The van der Waals surface area contributed by atoms with E-state index in [-0.39, 0.29) is 11.8 Å². The largest absolute Gasteiger partial charge is 0.369 e. The van der Waals surface area contributed by atoms with Gasteiger partial charge in [-0.3, -0.25) is 9.59 Å². The summed E-state index contributed by atoms with van der Waals surface area (Å²) in [6.07, 6.45) is 8.03. The number of nitrogens with two attached hydrogens (primary N) is 1. The maximum absolute atomic E-state index is 12.4. The minimum absolute atomic E-state index is 0.0555. The quantitative estimate of drug-likeness (QED) is 0.895. The van der Waals surface area contributed by atoms with E-state index < -0.39 is 5.41 Å². The summed E-state index contributed by atoms with van der Waals surface area (Å²) < 4.78 is 1.76. The summed E-state index contributed by atoms with van der Waals surface area (Å²) >= 11 is 0. The van der Waals surface area contributed by atoms with Crippen molar-refractivity contribution in [3.05, 3.63) is 18.2 Å². The Balaban J connectivity index is 1.65. The van der Waals surface area contributed by atoms with Crippen LogP contribution in [0, 0.1) is 11.3 Å². The molecule has 1 aromatic heterocycles. The van der Waals surface area contributed by atoms with E-state index >= 15 is 0 Å². The molecule has 2 fully saturated rings. The molecule has 0 bridgehead atoms.